The summed E-state index contributed by atoms with van der Waals surface area (Å²) in [5, 5.41) is 2.66. The van der Waals surface area contributed by atoms with E-state index in [-0.39, 0.29) is 24.4 Å². The van der Waals surface area contributed by atoms with Gasteiger partial charge in [0, 0.05) is 29.7 Å². The second-order valence-electron chi connectivity index (χ2n) is 5.55. The minimum atomic E-state index is -0.479. The lowest BCUT2D eigenvalue weighted by Gasteiger charge is -2.17. The summed E-state index contributed by atoms with van der Waals surface area (Å²) in [5.74, 6) is -0.914. The first-order chi connectivity index (χ1) is 11.6. The van der Waals surface area contributed by atoms with Crippen LogP contribution in [0, 0.1) is 5.82 Å². The summed E-state index contributed by atoms with van der Waals surface area (Å²) in [6, 6.07) is 11.7. The number of carbonyl (C=O) groups is 2. The maximum Gasteiger partial charge on any atom is 0.252 e. The molecule has 1 aliphatic heterocycles. The molecule has 2 aromatic carbocycles. The van der Waals surface area contributed by atoms with E-state index in [0.717, 1.165) is 18.2 Å². The number of carbonyl (C=O) groups excluding carboxylic acids is 2. The van der Waals surface area contributed by atoms with E-state index in [1.54, 1.807) is 4.90 Å². The first-order valence-electron chi connectivity index (χ1n) is 7.68. The van der Waals surface area contributed by atoms with Crippen LogP contribution in [0.2, 0.25) is 0 Å². The fourth-order valence-electron chi connectivity index (χ4n) is 2.78. The number of amides is 2. The molecule has 0 spiro atoms. The van der Waals surface area contributed by atoms with Crippen LogP contribution in [0.1, 0.15) is 22.3 Å². The van der Waals surface area contributed by atoms with Gasteiger partial charge in [-0.15, -0.1) is 0 Å². The molecular weight excluding hydrogens is 375 g/mol. The Morgan fingerprint density at radius 3 is 2.83 bits per heavy atom. The van der Waals surface area contributed by atoms with Gasteiger partial charge in [-0.1, -0.05) is 18.2 Å². The predicted molar refractivity (Wildman–Crippen MR) is 93.5 cm³/mol. The standard InChI is InChI=1S/C18H16BrFN2O2/c19-15-6-5-13(20)11-14(15)18(24)21-9-7-17(23)22-10-8-12-3-1-2-4-16(12)22/h1-6,11H,7-10H2,(H,21,24). The van der Waals surface area contributed by atoms with Gasteiger partial charge >= 0.3 is 0 Å². The van der Waals surface area contributed by atoms with Crippen molar-refractivity contribution in [3.8, 4) is 0 Å². The third kappa shape index (κ3) is 3.48. The average Bonchev–Trinajstić information content (AvgIpc) is 3.01. The van der Waals surface area contributed by atoms with Crippen molar-refractivity contribution in [2.24, 2.45) is 0 Å². The molecule has 1 N–H and O–H groups in total. The molecule has 1 heterocycles. The molecule has 2 aromatic rings. The van der Waals surface area contributed by atoms with Gasteiger partial charge in [-0.3, -0.25) is 9.59 Å². The number of halogens is 2. The van der Waals surface area contributed by atoms with Crippen LogP contribution in [0.3, 0.4) is 0 Å². The number of nitrogens with zero attached hydrogens (tertiary/aromatic N) is 1. The molecule has 0 bridgehead atoms. The van der Waals surface area contributed by atoms with Crippen LogP contribution < -0.4 is 10.2 Å². The summed E-state index contributed by atoms with van der Waals surface area (Å²) in [5.41, 5.74) is 2.33. The second-order valence-corrected chi connectivity index (χ2v) is 6.41. The molecular formula is C18H16BrFN2O2. The van der Waals surface area contributed by atoms with E-state index in [9.17, 15) is 14.0 Å². The van der Waals surface area contributed by atoms with Gasteiger partial charge in [0.25, 0.3) is 5.91 Å². The van der Waals surface area contributed by atoms with E-state index in [4.69, 9.17) is 0 Å². The first-order valence-corrected chi connectivity index (χ1v) is 8.47. The molecule has 6 heteroatoms. The Hall–Kier alpha value is -2.21. The van der Waals surface area contributed by atoms with E-state index in [1.165, 1.54) is 17.7 Å². The summed E-state index contributed by atoms with van der Waals surface area (Å²) >= 11 is 3.22. The van der Waals surface area contributed by atoms with Gasteiger partial charge in [-0.2, -0.15) is 0 Å². The van der Waals surface area contributed by atoms with E-state index >= 15 is 0 Å². The van der Waals surface area contributed by atoms with E-state index in [0.29, 0.717) is 11.0 Å². The zero-order valence-corrected chi connectivity index (χ0v) is 14.5. The average molecular weight is 391 g/mol. The molecule has 1 aliphatic rings. The molecule has 0 radical (unpaired) electrons. The lowest BCUT2D eigenvalue weighted by molar-refractivity contribution is -0.118. The molecule has 0 atom stereocenters. The van der Waals surface area contributed by atoms with Gasteiger partial charge in [-0.05, 0) is 52.2 Å². The Kier molecular flexibility index (Phi) is 4.94. The molecule has 4 nitrogen and oxygen atoms in total. The topological polar surface area (TPSA) is 49.4 Å². The maximum atomic E-state index is 13.2. The quantitative estimate of drug-likeness (QED) is 0.870. The van der Waals surface area contributed by atoms with Crippen LogP contribution in [-0.2, 0) is 11.2 Å². The van der Waals surface area contributed by atoms with Crippen LogP contribution in [0.15, 0.2) is 46.9 Å². The van der Waals surface area contributed by atoms with Crippen LogP contribution in [0.25, 0.3) is 0 Å². The predicted octanol–water partition coefficient (Wildman–Crippen LogP) is 3.30. The van der Waals surface area contributed by atoms with Crippen molar-refractivity contribution in [2.45, 2.75) is 12.8 Å². The van der Waals surface area contributed by atoms with Gasteiger partial charge < -0.3 is 10.2 Å². The highest BCUT2D eigenvalue weighted by molar-refractivity contribution is 9.10. The van der Waals surface area contributed by atoms with Crippen molar-refractivity contribution in [2.75, 3.05) is 18.0 Å². The summed E-state index contributed by atoms with van der Waals surface area (Å²) < 4.78 is 13.8. The maximum absolute atomic E-state index is 13.2. The monoisotopic (exact) mass is 390 g/mol. The Morgan fingerprint density at radius 1 is 1.21 bits per heavy atom. The lowest BCUT2D eigenvalue weighted by atomic mass is 10.2. The normalized spacial score (nSPS) is 12.8. The Morgan fingerprint density at radius 2 is 2.00 bits per heavy atom. The highest BCUT2D eigenvalue weighted by Gasteiger charge is 2.23. The van der Waals surface area contributed by atoms with Gasteiger partial charge in [0.1, 0.15) is 5.82 Å². The molecule has 0 fully saturated rings. The Balaban J connectivity index is 1.56. The Labute approximate surface area is 147 Å². The van der Waals surface area contributed by atoms with Crippen molar-refractivity contribution in [3.05, 3.63) is 63.9 Å². The zero-order valence-electron chi connectivity index (χ0n) is 12.9. The first kappa shape index (κ1) is 16.6. The van der Waals surface area contributed by atoms with Crippen LogP contribution in [0.5, 0.6) is 0 Å². The van der Waals surface area contributed by atoms with Crippen molar-refractivity contribution >= 4 is 33.4 Å². The largest absolute Gasteiger partial charge is 0.351 e. The number of para-hydroxylation sites is 1. The smallest absolute Gasteiger partial charge is 0.252 e. The molecule has 0 aromatic heterocycles. The van der Waals surface area contributed by atoms with Gasteiger partial charge in [0.15, 0.2) is 0 Å². The number of fused-ring (bicyclic) bond motifs is 1. The number of anilines is 1. The molecule has 0 saturated carbocycles. The zero-order chi connectivity index (χ0) is 17.1. The molecule has 0 aliphatic carbocycles. The fraction of sp³-hybridized carbons (Fsp3) is 0.222. The molecule has 24 heavy (non-hydrogen) atoms. The highest BCUT2D eigenvalue weighted by Crippen LogP contribution is 2.27. The molecule has 0 saturated heterocycles. The minimum absolute atomic E-state index is 0.0291. The number of benzene rings is 2. The van der Waals surface area contributed by atoms with Crippen molar-refractivity contribution < 1.29 is 14.0 Å². The highest BCUT2D eigenvalue weighted by atomic mass is 79.9. The van der Waals surface area contributed by atoms with Crippen LogP contribution in [-0.4, -0.2) is 24.9 Å². The molecule has 3 rings (SSSR count). The summed E-state index contributed by atoms with van der Waals surface area (Å²) in [7, 11) is 0. The summed E-state index contributed by atoms with van der Waals surface area (Å²) in [6.07, 6.45) is 1.05. The second kappa shape index (κ2) is 7.13. The molecule has 0 unspecified atom stereocenters. The van der Waals surface area contributed by atoms with Crippen molar-refractivity contribution in [3.63, 3.8) is 0 Å². The number of hydrogen-bond acceptors (Lipinski definition) is 2. The van der Waals surface area contributed by atoms with Crippen molar-refractivity contribution in [1.82, 2.24) is 5.32 Å². The van der Waals surface area contributed by atoms with Crippen LogP contribution >= 0.6 is 15.9 Å². The third-order valence-electron chi connectivity index (χ3n) is 3.99. The van der Waals surface area contributed by atoms with Crippen LogP contribution in [0.4, 0.5) is 10.1 Å². The van der Waals surface area contributed by atoms with E-state index in [1.807, 2.05) is 24.3 Å². The number of rotatable bonds is 4. The fourth-order valence-corrected chi connectivity index (χ4v) is 3.21. The molecule has 124 valence electrons. The van der Waals surface area contributed by atoms with E-state index in [2.05, 4.69) is 21.2 Å². The lowest BCUT2D eigenvalue weighted by Crippen LogP contribution is -2.33. The van der Waals surface area contributed by atoms with Gasteiger partial charge in [0.2, 0.25) is 5.91 Å². The van der Waals surface area contributed by atoms with Crippen molar-refractivity contribution in [1.29, 1.82) is 0 Å². The summed E-state index contributed by atoms with van der Waals surface area (Å²) in [4.78, 5) is 26.2. The number of hydrogen-bond donors (Lipinski definition) is 1. The summed E-state index contributed by atoms with van der Waals surface area (Å²) in [6.45, 7) is 0.876. The SMILES string of the molecule is O=C(NCCC(=O)N1CCc2ccccc21)c1cc(F)ccc1Br. The number of nitrogens with one attached hydrogen (secondary N) is 1. The Bertz CT molecular complexity index is 794. The van der Waals surface area contributed by atoms with Gasteiger partial charge in [0.05, 0.1) is 5.56 Å². The molecule has 2 amide bonds. The van der Waals surface area contributed by atoms with E-state index < -0.39 is 11.7 Å². The third-order valence-corrected chi connectivity index (χ3v) is 4.68. The minimum Gasteiger partial charge on any atom is -0.351 e. The van der Waals surface area contributed by atoms with Gasteiger partial charge in [-0.25, -0.2) is 4.39 Å².